The summed E-state index contributed by atoms with van der Waals surface area (Å²) < 4.78 is 5.24. The van der Waals surface area contributed by atoms with Crippen molar-refractivity contribution in [1.82, 2.24) is 5.32 Å². The van der Waals surface area contributed by atoms with Crippen LogP contribution in [0.2, 0.25) is 0 Å². The first-order valence-corrected chi connectivity index (χ1v) is 9.34. The third-order valence-electron chi connectivity index (χ3n) is 5.24. The van der Waals surface area contributed by atoms with Gasteiger partial charge in [0.05, 0.1) is 7.11 Å². The maximum Gasteiger partial charge on any atom is 0.319 e. The molecule has 1 aliphatic rings. The number of urea groups is 1. The van der Waals surface area contributed by atoms with E-state index in [9.17, 15) is 4.79 Å². The highest BCUT2D eigenvalue weighted by Crippen LogP contribution is 2.33. The molecule has 2 aromatic carbocycles. The molecule has 2 atom stereocenters. The average molecular weight is 352 g/mol. The normalized spacial score (nSPS) is 19.7. The van der Waals surface area contributed by atoms with Gasteiger partial charge in [0.15, 0.2) is 0 Å². The predicted octanol–water partition coefficient (Wildman–Crippen LogP) is 5.16. The van der Waals surface area contributed by atoms with Crippen LogP contribution in [-0.4, -0.2) is 19.2 Å². The molecule has 138 valence electrons. The van der Waals surface area contributed by atoms with Crippen molar-refractivity contribution < 1.29 is 9.53 Å². The van der Waals surface area contributed by atoms with Gasteiger partial charge in [0.25, 0.3) is 0 Å². The van der Waals surface area contributed by atoms with Gasteiger partial charge in [-0.2, -0.15) is 0 Å². The molecule has 26 heavy (non-hydrogen) atoms. The van der Waals surface area contributed by atoms with Gasteiger partial charge in [-0.15, -0.1) is 0 Å². The second-order valence-electron chi connectivity index (χ2n) is 7.25. The van der Waals surface area contributed by atoms with Crippen LogP contribution in [0.5, 0.6) is 5.75 Å². The fraction of sp³-hybridized carbons (Fsp3) is 0.409. The van der Waals surface area contributed by atoms with Gasteiger partial charge in [-0.25, -0.2) is 4.79 Å². The number of carbonyl (C=O) groups is 1. The molecule has 0 radical (unpaired) electrons. The Balaban J connectivity index is 1.59. The molecular formula is C22H28N2O2. The third kappa shape index (κ3) is 4.57. The van der Waals surface area contributed by atoms with E-state index in [-0.39, 0.29) is 12.1 Å². The van der Waals surface area contributed by atoms with Crippen molar-refractivity contribution in [3.8, 4) is 5.75 Å². The Labute approximate surface area is 156 Å². The Bertz CT molecular complexity index is 755. The fourth-order valence-corrected chi connectivity index (χ4v) is 3.71. The summed E-state index contributed by atoms with van der Waals surface area (Å²) in [5, 5.41) is 6.16. The summed E-state index contributed by atoms with van der Waals surface area (Å²) in [5.41, 5.74) is 4.42. The van der Waals surface area contributed by atoms with Crippen molar-refractivity contribution in [2.24, 2.45) is 0 Å². The number of hydrogen-bond donors (Lipinski definition) is 2. The van der Waals surface area contributed by atoms with Gasteiger partial charge in [0, 0.05) is 11.7 Å². The van der Waals surface area contributed by atoms with Crippen LogP contribution >= 0.6 is 0 Å². The van der Waals surface area contributed by atoms with Crippen LogP contribution in [0.15, 0.2) is 42.5 Å². The molecule has 4 nitrogen and oxygen atoms in total. The smallest absolute Gasteiger partial charge is 0.319 e. The van der Waals surface area contributed by atoms with E-state index in [1.807, 2.05) is 38.1 Å². The lowest BCUT2D eigenvalue weighted by atomic mass is 9.81. The molecule has 0 heterocycles. The van der Waals surface area contributed by atoms with Crippen LogP contribution in [0.3, 0.4) is 0 Å². The highest BCUT2D eigenvalue weighted by Gasteiger charge is 2.24. The molecule has 3 rings (SSSR count). The van der Waals surface area contributed by atoms with Crippen molar-refractivity contribution in [2.75, 3.05) is 12.4 Å². The zero-order valence-electron chi connectivity index (χ0n) is 15.8. The standard InChI is InChI=1S/C22H28N2O2/c1-15-7-8-16(2)21(13-15)24-22(25)23-19-6-4-5-18(14-19)17-9-11-20(26-3)12-10-17/h7-13,18-19H,4-6,14H2,1-3H3,(H2,23,24,25). The number of methoxy groups -OCH3 is 1. The zero-order chi connectivity index (χ0) is 18.5. The van der Waals surface area contributed by atoms with Gasteiger partial charge < -0.3 is 15.4 Å². The van der Waals surface area contributed by atoms with E-state index in [1.165, 1.54) is 12.0 Å². The van der Waals surface area contributed by atoms with Gasteiger partial charge in [0.2, 0.25) is 0 Å². The Morgan fingerprint density at radius 1 is 1.08 bits per heavy atom. The van der Waals surface area contributed by atoms with Crippen LogP contribution in [0, 0.1) is 13.8 Å². The molecule has 0 aliphatic heterocycles. The molecule has 4 heteroatoms. The summed E-state index contributed by atoms with van der Waals surface area (Å²) in [5.74, 6) is 1.37. The van der Waals surface area contributed by atoms with E-state index in [2.05, 4.69) is 28.8 Å². The minimum atomic E-state index is -0.112. The fourth-order valence-electron chi connectivity index (χ4n) is 3.71. The van der Waals surface area contributed by atoms with Crippen LogP contribution in [-0.2, 0) is 0 Å². The first kappa shape index (κ1) is 18.3. The number of rotatable bonds is 4. The topological polar surface area (TPSA) is 50.4 Å². The van der Waals surface area contributed by atoms with Gasteiger partial charge in [-0.05, 0) is 73.9 Å². The maximum atomic E-state index is 12.4. The number of nitrogens with one attached hydrogen (secondary N) is 2. The number of carbonyl (C=O) groups excluding carboxylic acids is 1. The zero-order valence-corrected chi connectivity index (χ0v) is 15.8. The van der Waals surface area contributed by atoms with Crippen LogP contribution in [0.4, 0.5) is 10.5 Å². The average Bonchev–Trinajstić information content (AvgIpc) is 2.65. The lowest BCUT2D eigenvalue weighted by Crippen LogP contribution is -2.40. The molecule has 2 aromatic rings. The van der Waals surface area contributed by atoms with E-state index in [0.717, 1.165) is 41.8 Å². The molecule has 2 amide bonds. The van der Waals surface area contributed by atoms with E-state index in [1.54, 1.807) is 7.11 Å². The summed E-state index contributed by atoms with van der Waals surface area (Å²) in [4.78, 5) is 12.4. The highest BCUT2D eigenvalue weighted by atomic mass is 16.5. The van der Waals surface area contributed by atoms with Crippen molar-refractivity contribution in [3.05, 3.63) is 59.2 Å². The van der Waals surface area contributed by atoms with E-state index in [4.69, 9.17) is 4.74 Å². The van der Waals surface area contributed by atoms with Crippen LogP contribution in [0.1, 0.15) is 48.3 Å². The summed E-state index contributed by atoms with van der Waals surface area (Å²) in [6.45, 7) is 4.04. The third-order valence-corrected chi connectivity index (χ3v) is 5.24. The number of aryl methyl sites for hydroxylation is 2. The molecule has 2 N–H and O–H groups in total. The molecule has 1 saturated carbocycles. The predicted molar refractivity (Wildman–Crippen MR) is 106 cm³/mol. The summed E-state index contributed by atoms with van der Waals surface area (Å²) in [7, 11) is 1.68. The minimum Gasteiger partial charge on any atom is -0.497 e. The first-order chi connectivity index (χ1) is 12.5. The van der Waals surface area contributed by atoms with Gasteiger partial charge in [-0.1, -0.05) is 30.7 Å². The van der Waals surface area contributed by atoms with Crippen LogP contribution in [0.25, 0.3) is 0 Å². The molecule has 0 bridgehead atoms. The first-order valence-electron chi connectivity index (χ1n) is 9.34. The number of anilines is 1. The van der Waals surface area contributed by atoms with Gasteiger partial charge in [0.1, 0.15) is 5.75 Å². The quantitative estimate of drug-likeness (QED) is 0.798. The summed E-state index contributed by atoms with van der Waals surface area (Å²) >= 11 is 0. The Kier molecular flexibility index (Phi) is 5.82. The number of ether oxygens (including phenoxy) is 1. The molecule has 0 spiro atoms. The molecule has 0 saturated heterocycles. The highest BCUT2D eigenvalue weighted by molar-refractivity contribution is 5.90. The Morgan fingerprint density at radius 2 is 1.85 bits per heavy atom. The number of amides is 2. The molecule has 1 fully saturated rings. The van der Waals surface area contributed by atoms with Crippen molar-refractivity contribution >= 4 is 11.7 Å². The van der Waals surface area contributed by atoms with Crippen molar-refractivity contribution in [3.63, 3.8) is 0 Å². The molecule has 1 aliphatic carbocycles. The van der Waals surface area contributed by atoms with Gasteiger partial charge >= 0.3 is 6.03 Å². The second-order valence-corrected chi connectivity index (χ2v) is 7.25. The Hall–Kier alpha value is -2.49. The SMILES string of the molecule is COc1ccc(C2CCCC(NC(=O)Nc3cc(C)ccc3C)C2)cc1. The number of hydrogen-bond acceptors (Lipinski definition) is 2. The van der Waals surface area contributed by atoms with E-state index in [0.29, 0.717) is 5.92 Å². The summed E-state index contributed by atoms with van der Waals surface area (Å²) in [6.07, 6.45) is 4.31. The monoisotopic (exact) mass is 352 g/mol. The van der Waals surface area contributed by atoms with Gasteiger partial charge in [-0.3, -0.25) is 0 Å². The second kappa shape index (κ2) is 8.26. The van der Waals surface area contributed by atoms with Crippen molar-refractivity contribution in [2.45, 2.75) is 51.5 Å². The van der Waals surface area contributed by atoms with Crippen molar-refractivity contribution in [1.29, 1.82) is 0 Å². The maximum absolute atomic E-state index is 12.4. The lowest BCUT2D eigenvalue weighted by Gasteiger charge is -2.30. The summed E-state index contributed by atoms with van der Waals surface area (Å²) in [6, 6.07) is 14.5. The van der Waals surface area contributed by atoms with E-state index >= 15 is 0 Å². The molecular weight excluding hydrogens is 324 g/mol. The molecule has 0 aromatic heterocycles. The number of benzene rings is 2. The Morgan fingerprint density at radius 3 is 2.58 bits per heavy atom. The van der Waals surface area contributed by atoms with E-state index < -0.39 is 0 Å². The largest absolute Gasteiger partial charge is 0.497 e. The minimum absolute atomic E-state index is 0.112. The van der Waals surface area contributed by atoms with Crippen LogP contribution < -0.4 is 15.4 Å². The lowest BCUT2D eigenvalue weighted by molar-refractivity contribution is 0.242. The molecule has 2 unspecified atom stereocenters.